The van der Waals surface area contributed by atoms with Crippen LogP contribution in [0.4, 0.5) is 5.13 Å². The number of hydrogen-bond acceptors (Lipinski definition) is 8. The Morgan fingerprint density at radius 3 is 2.67 bits per heavy atom. The first kappa shape index (κ1) is 23.8. The van der Waals surface area contributed by atoms with Gasteiger partial charge < -0.3 is 9.47 Å². The van der Waals surface area contributed by atoms with Gasteiger partial charge in [0.1, 0.15) is 5.75 Å². The first-order chi connectivity index (χ1) is 14.3. The number of hydrogen-bond donors (Lipinski definition) is 1. The number of carbonyl (C=O) groups is 1. The molecule has 164 valence electrons. The van der Waals surface area contributed by atoms with E-state index in [1.54, 1.807) is 20.2 Å². The second-order valence-corrected chi connectivity index (χ2v) is 8.29. The van der Waals surface area contributed by atoms with Crippen LogP contribution in [0, 0.1) is 0 Å². The Bertz CT molecular complexity index is 841. The number of esters is 1. The van der Waals surface area contributed by atoms with Crippen molar-refractivity contribution in [3.05, 3.63) is 40.4 Å². The zero-order valence-corrected chi connectivity index (χ0v) is 19.5. The number of methoxy groups -OCH3 is 1. The van der Waals surface area contributed by atoms with E-state index in [4.69, 9.17) is 9.47 Å². The third-order valence-electron chi connectivity index (χ3n) is 4.54. The van der Waals surface area contributed by atoms with Gasteiger partial charge in [-0.3, -0.25) is 15.1 Å². The number of nitrogens with zero attached hydrogens (tertiary/aromatic N) is 3. The maximum Gasteiger partial charge on any atom is 0.311 e. The van der Waals surface area contributed by atoms with Gasteiger partial charge in [0.15, 0.2) is 0 Å². The molecule has 1 N–H and O–H groups in total. The van der Waals surface area contributed by atoms with Crippen molar-refractivity contribution in [3.63, 3.8) is 0 Å². The summed E-state index contributed by atoms with van der Waals surface area (Å²) in [6, 6.07) is 6.90. The Kier molecular flexibility index (Phi) is 9.26. The normalized spacial score (nSPS) is 11.6. The van der Waals surface area contributed by atoms with Gasteiger partial charge in [0.25, 0.3) is 0 Å². The Labute approximate surface area is 183 Å². The number of nitrogens with one attached hydrogen (secondary N) is 1. The van der Waals surface area contributed by atoms with E-state index in [1.807, 2.05) is 17.5 Å². The summed E-state index contributed by atoms with van der Waals surface area (Å²) in [6.45, 7) is 11.8. The SMILES string of the molecule is CCOC(=O)Cc1csc(NN=Cc2ccc(OC)c(CN(C(C)C)C(C)C)c2)n1. The summed E-state index contributed by atoms with van der Waals surface area (Å²) in [7, 11) is 1.69. The summed E-state index contributed by atoms with van der Waals surface area (Å²) in [5.74, 6) is 0.593. The van der Waals surface area contributed by atoms with Crippen LogP contribution >= 0.6 is 11.3 Å². The molecule has 0 saturated heterocycles. The molecule has 0 amide bonds. The molecule has 0 atom stereocenters. The summed E-state index contributed by atoms with van der Waals surface area (Å²) in [5.41, 5.74) is 5.69. The predicted molar refractivity (Wildman–Crippen MR) is 122 cm³/mol. The lowest BCUT2D eigenvalue weighted by molar-refractivity contribution is -0.142. The fraction of sp³-hybridized carbons (Fsp3) is 0.500. The molecule has 1 heterocycles. The molecular formula is C22H32N4O3S. The van der Waals surface area contributed by atoms with Crippen LogP contribution in [0.5, 0.6) is 5.75 Å². The first-order valence-corrected chi connectivity index (χ1v) is 11.0. The van der Waals surface area contributed by atoms with Crippen molar-refractivity contribution in [1.82, 2.24) is 9.88 Å². The van der Waals surface area contributed by atoms with Crippen LogP contribution < -0.4 is 10.2 Å². The van der Waals surface area contributed by atoms with Crippen molar-refractivity contribution >= 4 is 28.7 Å². The van der Waals surface area contributed by atoms with Crippen LogP contribution in [-0.2, 0) is 22.5 Å². The van der Waals surface area contributed by atoms with E-state index in [0.717, 1.165) is 23.4 Å². The van der Waals surface area contributed by atoms with E-state index in [-0.39, 0.29) is 12.4 Å². The van der Waals surface area contributed by atoms with Crippen LogP contribution in [0.25, 0.3) is 0 Å². The third kappa shape index (κ3) is 7.11. The molecule has 2 aromatic rings. The predicted octanol–water partition coefficient (Wildman–Crippen LogP) is 4.32. The van der Waals surface area contributed by atoms with Crippen LogP contribution in [0.1, 0.15) is 51.4 Å². The van der Waals surface area contributed by atoms with Gasteiger partial charge in [0, 0.05) is 29.6 Å². The minimum absolute atomic E-state index is 0.166. The maximum atomic E-state index is 11.5. The number of thiazole rings is 1. The zero-order valence-electron chi connectivity index (χ0n) is 18.6. The second kappa shape index (κ2) is 11.7. The summed E-state index contributed by atoms with van der Waals surface area (Å²) in [5, 5.41) is 6.74. The minimum Gasteiger partial charge on any atom is -0.496 e. The quantitative estimate of drug-likeness (QED) is 0.324. The zero-order chi connectivity index (χ0) is 22.1. The Balaban J connectivity index is 2.05. The lowest BCUT2D eigenvalue weighted by atomic mass is 10.1. The van der Waals surface area contributed by atoms with Crippen LogP contribution in [0.2, 0.25) is 0 Å². The van der Waals surface area contributed by atoms with Gasteiger partial charge >= 0.3 is 5.97 Å². The number of anilines is 1. The number of carbonyl (C=O) groups excluding carboxylic acids is 1. The van der Waals surface area contributed by atoms with Crippen LogP contribution in [-0.4, -0.2) is 47.9 Å². The third-order valence-corrected chi connectivity index (χ3v) is 5.34. The highest BCUT2D eigenvalue weighted by molar-refractivity contribution is 7.13. The second-order valence-electron chi connectivity index (χ2n) is 7.43. The first-order valence-electron chi connectivity index (χ1n) is 10.2. The summed E-state index contributed by atoms with van der Waals surface area (Å²) < 4.78 is 10.5. The molecule has 0 aliphatic heterocycles. The van der Waals surface area contributed by atoms with Crippen LogP contribution in [0.15, 0.2) is 28.7 Å². The minimum atomic E-state index is -0.277. The van der Waals surface area contributed by atoms with Gasteiger partial charge in [-0.1, -0.05) is 0 Å². The standard InChI is InChI=1S/C22H32N4O3S/c1-7-29-21(27)11-19-14-30-22(24-19)25-23-12-17-8-9-20(28-6)18(10-17)13-26(15(2)3)16(4)5/h8-10,12,14-16H,7,11,13H2,1-6H3,(H,24,25). The highest BCUT2D eigenvalue weighted by atomic mass is 32.1. The van der Waals surface area contributed by atoms with Gasteiger partial charge in [0.2, 0.25) is 5.13 Å². The van der Waals surface area contributed by atoms with Crippen LogP contribution in [0.3, 0.4) is 0 Å². The molecule has 7 nitrogen and oxygen atoms in total. The molecular weight excluding hydrogens is 400 g/mol. The van der Waals surface area contributed by atoms with E-state index in [1.165, 1.54) is 11.3 Å². The molecule has 0 aliphatic rings. The lowest BCUT2D eigenvalue weighted by Crippen LogP contribution is -2.36. The number of hydrazone groups is 1. The highest BCUT2D eigenvalue weighted by Crippen LogP contribution is 2.23. The van der Waals surface area contributed by atoms with E-state index < -0.39 is 0 Å². The highest BCUT2D eigenvalue weighted by Gasteiger charge is 2.16. The molecule has 0 radical (unpaired) electrons. The largest absolute Gasteiger partial charge is 0.496 e. The smallest absolute Gasteiger partial charge is 0.311 e. The number of benzene rings is 1. The maximum absolute atomic E-state index is 11.5. The van der Waals surface area contributed by atoms with Gasteiger partial charge in [-0.05, 0) is 58.4 Å². The molecule has 30 heavy (non-hydrogen) atoms. The molecule has 2 rings (SSSR count). The Morgan fingerprint density at radius 2 is 2.03 bits per heavy atom. The van der Waals surface area contributed by atoms with Gasteiger partial charge in [0.05, 0.1) is 32.0 Å². The molecule has 8 heteroatoms. The summed E-state index contributed by atoms with van der Waals surface area (Å²) in [6.07, 6.45) is 1.92. The molecule has 1 aromatic carbocycles. The van der Waals surface area contributed by atoms with E-state index >= 15 is 0 Å². The molecule has 0 bridgehead atoms. The van der Waals surface area contributed by atoms with Crippen molar-refractivity contribution in [1.29, 1.82) is 0 Å². The van der Waals surface area contributed by atoms with E-state index in [9.17, 15) is 4.79 Å². The monoisotopic (exact) mass is 432 g/mol. The van der Waals surface area contributed by atoms with Crippen molar-refractivity contribution in [2.75, 3.05) is 19.1 Å². The van der Waals surface area contributed by atoms with Crippen molar-refractivity contribution in [2.24, 2.45) is 5.10 Å². The summed E-state index contributed by atoms with van der Waals surface area (Å²) >= 11 is 1.40. The number of aromatic nitrogens is 1. The summed E-state index contributed by atoms with van der Waals surface area (Å²) in [4.78, 5) is 18.3. The molecule has 0 aliphatic carbocycles. The molecule has 0 spiro atoms. The molecule has 0 unspecified atom stereocenters. The number of rotatable bonds is 11. The molecule has 0 fully saturated rings. The number of ether oxygens (including phenoxy) is 2. The molecule has 0 saturated carbocycles. The van der Waals surface area contributed by atoms with Gasteiger partial charge in [-0.15, -0.1) is 11.3 Å². The Morgan fingerprint density at radius 1 is 1.30 bits per heavy atom. The van der Waals surface area contributed by atoms with Gasteiger partial charge in [-0.25, -0.2) is 4.98 Å². The van der Waals surface area contributed by atoms with Crippen molar-refractivity contribution < 1.29 is 14.3 Å². The molecule has 1 aromatic heterocycles. The van der Waals surface area contributed by atoms with Crippen molar-refractivity contribution in [2.45, 2.75) is 59.7 Å². The van der Waals surface area contributed by atoms with Gasteiger partial charge in [-0.2, -0.15) is 5.10 Å². The topological polar surface area (TPSA) is 76.1 Å². The average molecular weight is 433 g/mol. The Hall–Kier alpha value is -2.45. The lowest BCUT2D eigenvalue weighted by Gasteiger charge is -2.31. The fourth-order valence-electron chi connectivity index (χ4n) is 3.12. The van der Waals surface area contributed by atoms with E-state index in [0.29, 0.717) is 29.5 Å². The van der Waals surface area contributed by atoms with Crippen molar-refractivity contribution in [3.8, 4) is 5.75 Å². The van der Waals surface area contributed by atoms with E-state index in [2.05, 4.69) is 54.2 Å². The fourth-order valence-corrected chi connectivity index (χ4v) is 3.78. The average Bonchev–Trinajstić information content (AvgIpc) is 3.13.